The van der Waals surface area contributed by atoms with Crippen LogP contribution >= 0.6 is 0 Å². The highest BCUT2D eigenvalue weighted by atomic mass is 16.6. The predicted octanol–water partition coefficient (Wildman–Crippen LogP) is 5.54. The van der Waals surface area contributed by atoms with Crippen molar-refractivity contribution in [3.8, 4) is 0 Å². The van der Waals surface area contributed by atoms with Crippen LogP contribution in [0.2, 0.25) is 0 Å². The lowest BCUT2D eigenvalue weighted by molar-refractivity contribution is -0.135. The Kier molecular flexibility index (Phi) is 14.6. The fraction of sp³-hybridized carbons (Fsp3) is 0.923. The lowest BCUT2D eigenvalue weighted by atomic mass is 9.66. The number of morpholine rings is 2. The monoisotopic (exact) mass is 957 g/mol. The van der Waals surface area contributed by atoms with E-state index < -0.39 is 5.60 Å². The molecule has 2 amide bonds. The molecule has 10 fully saturated rings. The van der Waals surface area contributed by atoms with E-state index in [9.17, 15) is 9.59 Å². The van der Waals surface area contributed by atoms with Crippen molar-refractivity contribution in [2.75, 3.05) is 113 Å². The van der Waals surface area contributed by atoms with E-state index in [-0.39, 0.29) is 83.6 Å². The number of hydrogen-bond donors (Lipinski definition) is 0. The first-order valence-electron chi connectivity index (χ1n) is 26.6. The Hall–Kier alpha value is -2.12. The van der Waals surface area contributed by atoms with E-state index in [1.54, 1.807) is 14.2 Å². The normalized spacial score (nSPS) is 41.6. The Labute approximate surface area is 405 Å². The molecule has 68 heavy (non-hydrogen) atoms. The van der Waals surface area contributed by atoms with E-state index >= 15 is 0 Å². The maximum absolute atomic E-state index is 13.6. The molecule has 0 aromatic rings. The molecule has 10 rings (SSSR count). The third-order valence-electron chi connectivity index (χ3n) is 18.0. The maximum Gasteiger partial charge on any atom is 0.410 e. The lowest BCUT2D eigenvalue weighted by Gasteiger charge is -2.46. The topological polar surface area (TPSA) is 153 Å². The highest BCUT2D eigenvalue weighted by Gasteiger charge is 2.75. The van der Waals surface area contributed by atoms with Crippen LogP contribution in [0.4, 0.5) is 9.59 Å². The molecule has 0 radical (unpaired) electrons. The van der Waals surface area contributed by atoms with E-state index in [4.69, 9.17) is 47.4 Å². The van der Waals surface area contributed by atoms with Gasteiger partial charge in [0.15, 0.2) is 0 Å². The van der Waals surface area contributed by atoms with E-state index in [0.717, 1.165) is 123 Å². The fourth-order valence-electron chi connectivity index (χ4n) is 13.7. The number of rotatable bonds is 19. The van der Waals surface area contributed by atoms with Gasteiger partial charge < -0.3 is 57.2 Å². The summed E-state index contributed by atoms with van der Waals surface area (Å²) < 4.78 is 63.1. The minimum atomic E-state index is -0.482. The number of likely N-dealkylation sites (tertiary alicyclic amines) is 2. The predicted molar refractivity (Wildman–Crippen MR) is 251 cm³/mol. The van der Waals surface area contributed by atoms with Gasteiger partial charge in [-0.3, -0.25) is 9.80 Å². The molecule has 0 aromatic carbocycles. The molecular weight excluding hydrogens is 873 g/mol. The Morgan fingerprint density at radius 2 is 1.28 bits per heavy atom. The third kappa shape index (κ3) is 10.3. The summed E-state index contributed by atoms with van der Waals surface area (Å²) in [6, 6.07) is 0. The second-order valence-corrected chi connectivity index (χ2v) is 23.4. The van der Waals surface area contributed by atoms with Gasteiger partial charge in [0.25, 0.3) is 0 Å². The molecule has 8 heterocycles. The van der Waals surface area contributed by atoms with Crippen molar-refractivity contribution in [3.05, 3.63) is 11.6 Å². The number of carbonyl (C=O) groups is 2. The van der Waals surface area contributed by atoms with E-state index in [2.05, 4.69) is 50.5 Å². The number of hydrogen-bond acceptors (Lipinski definition) is 14. The molecular formula is C52H84N4O12. The number of allylic oxidation sites excluding steroid dienone is 1. The smallest absolute Gasteiger partial charge is 0.410 e. The van der Waals surface area contributed by atoms with Crippen molar-refractivity contribution >= 4 is 12.2 Å². The van der Waals surface area contributed by atoms with Crippen LogP contribution in [0.1, 0.15) is 98.8 Å². The summed E-state index contributed by atoms with van der Waals surface area (Å²) in [7, 11) is 3.49. The molecule has 8 aliphatic heterocycles. The fourth-order valence-corrected chi connectivity index (χ4v) is 13.7. The second-order valence-electron chi connectivity index (χ2n) is 23.4. The molecule has 16 nitrogen and oxygen atoms in total. The van der Waals surface area contributed by atoms with E-state index in [1.807, 2.05) is 9.80 Å². The van der Waals surface area contributed by atoms with Crippen LogP contribution in [0.5, 0.6) is 0 Å². The van der Waals surface area contributed by atoms with Crippen LogP contribution in [-0.4, -0.2) is 210 Å². The molecule has 0 bridgehead atoms. The molecule has 2 spiro atoms. The van der Waals surface area contributed by atoms with Crippen molar-refractivity contribution < 1.29 is 57.0 Å². The minimum Gasteiger partial charge on any atom is -0.443 e. The van der Waals surface area contributed by atoms with Crippen molar-refractivity contribution in [2.24, 2.45) is 29.6 Å². The van der Waals surface area contributed by atoms with Gasteiger partial charge in [0.1, 0.15) is 46.8 Å². The number of epoxide rings is 4. The highest BCUT2D eigenvalue weighted by Crippen LogP contribution is 2.63. The quantitative estimate of drug-likeness (QED) is 0.118. The summed E-state index contributed by atoms with van der Waals surface area (Å²) in [6.45, 7) is 23.2. The summed E-state index contributed by atoms with van der Waals surface area (Å²) in [4.78, 5) is 36.0. The molecule has 16 heteroatoms. The zero-order valence-electron chi connectivity index (χ0n) is 42.4. The van der Waals surface area contributed by atoms with Crippen LogP contribution in [0.25, 0.3) is 0 Å². The molecule has 2 saturated carbocycles. The first kappa shape index (κ1) is 49.5. The van der Waals surface area contributed by atoms with Crippen molar-refractivity contribution in [1.82, 2.24) is 19.6 Å². The van der Waals surface area contributed by atoms with Crippen LogP contribution in [0, 0.1) is 29.6 Å². The van der Waals surface area contributed by atoms with Gasteiger partial charge >= 0.3 is 12.2 Å². The van der Waals surface area contributed by atoms with Gasteiger partial charge in [-0.1, -0.05) is 25.5 Å². The standard InChI is InChI=1S/C52H84N4O12/c1-34(2)8-10-41-49(5,67-41)45-43(59-6)39(12-16-50(45)32-63-50)65-47(57)56-29-37(30-56)15-19-54-22-25-62-38(31-54)26-52(42(68-52)11-9-35(3)4)46-44(60-7)40(13-17-51(46)33-64-51)66-48(58)55-27-36(28-55)14-18-53-20-23-61-24-21-53/h8,35-46H,9-33H2,1-7H3/t38?,39-,40-,41-,42-,43-,44-,45-,46+,49+,50+,51+,52+/m1/s1. The number of methoxy groups -OCH3 is 2. The molecule has 13 atom stereocenters. The van der Waals surface area contributed by atoms with Crippen molar-refractivity contribution in [2.45, 2.75) is 164 Å². The third-order valence-corrected chi connectivity index (χ3v) is 18.0. The molecule has 1 unspecified atom stereocenters. The lowest BCUT2D eigenvalue weighted by Crippen LogP contribution is -2.59. The second kappa shape index (κ2) is 20.1. The molecule has 0 aromatic heterocycles. The molecule has 0 N–H and O–H groups in total. The van der Waals surface area contributed by atoms with Crippen molar-refractivity contribution in [1.29, 1.82) is 0 Å². The van der Waals surface area contributed by atoms with Gasteiger partial charge in [-0.05, 0) is 109 Å². The van der Waals surface area contributed by atoms with E-state index in [0.29, 0.717) is 57.1 Å². The van der Waals surface area contributed by atoms with Gasteiger partial charge in [0.2, 0.25) is 0 Å². The zero-order chi connectivity index (χ0) is 47.4. The van der Waals surface area contributed by atoms with Gasteiger partial charge in [-0.25, -0.2) is 9.59 Å². The number of carbonyl (C=O) groups excluding carboxylic acids is 2. The number of ether oxygens (including phenoxy) is 10. The van der Waals surface area contributed by atoms with Gasteiger partial charge in [-0.2, -0.15) is 0 Å². The summed E-state index contributed by atoms with van der Waals surface area (Å²) in [6.07, 6.45) is 9.45. The van der Waals surface area contributed by atoms with Gasteiger partial charge in [0.05, 0.1) is 63.2 Å². The average molecular weight is 957 g/mol. The average Bonchev–Trinajstić information content (AvgIpc) is 4.16. The molecule has 2 aliphatic carbocycles. The summed E-state index contributed by atoms with van der Waals surface area (Å²) in [5.74, 6) is 1.42. The van der Waals surface area contributed by atoms with Gasteiger partial charge in [-0.15, -0.1) is 0 Å². The largest absolute Gasteiger partial charge is 0.443 e. The first-order chi connectivity index (χ1) is 32.8. The van der Waals surface area contributed by atoms with Crippen LogP contribution in [0.3, 0.4) is 0 Å². The highest BCUT2D eigenvalue weighted by molar-refractivity contribution is 5.69. The molecule has 10 aliphatic rings. The van der Waals surface area contributed by atoms with Gasteiger partial charge in [0, 0.05) is 73.0 Å². The number of nitrogens with zero attached hydrogens (tertiary/aromatic N) is 4. The zero-order valence-corrected chi connectivity index (χ0v) is 42.4. The minimum absolute atomic E-state index is 0.00428. The van der Waals surface area contributed by atoms with Crippen molar-refractivity contribution in [3.63, 3.8) is 0 Å². The Morgan fingerprint density at radius 3 is 1.84 bits per heavy atom. The van der Waals surface area contributed by atoms with Crippen LogP contribution in [0.15, 0.2) is 11.6 Å². The molecule has 384 valence electrons. The maximum atomic E-state index is 13.6. The summed E-state index contributed by atoms with van der Waals surface area (Å²) >= 11 is 0. The summed E-state index contributed by atoms with van der Waals surface area (Å²) in [5.41, 5.74) is -0.155. The molecule has 8 saturated heterocycles. The Morgan fingerprint density at radius 1 is 0.721 bits per heavy atom. The Bertz CT molecular complexity index is 1790. The van der Waals surface area contributed by atoms with E-state index in [1.165, 1.54) is 5.57 Å². The van der Waals surface area contributed by atoms with Crippen LogP contribution < -0.4 is 0 Å². The SMILES string of the molecule is CO[C@@H]1[C@H](OC(=O)N2CC(CCN3CCOC(C[C@]4([C@H]5[C@H](OC)[C@H](OC(=O)N6CC(CCN7CCOCC7)C6)CC[C@]56CO6)O[C@@H]4CCC(C)C)C3)C2)CC[C@]2(CO2)[C@H]1[C@@]1(C)O[C@@H]1CC=C(C)C. The first-order valence-corrected chi connectivity index (χ1v) is 26.6. The van der Waals surface area contributed by atoms with Crippen LogP contribution in [-0.2, 0) is 47.4 Å². The summed E-state index contributed by atoms with van der Waals surface area (Å²) in [5, 5.41) is 0. The number of amides is 2. The Balaban J connectivity index is 0.710.